The molecule has 0 aliphatic rings. The summed E-state index contributed by atoms with van der Waals surface area (Å²) in [6.07, 6.45) is 4.67. The molecule has 1 amide bonds. The number of unbranched alkanes of at least 4 members (excludes halogenated alkanes) is 1. The average Bonchev–Trinajstić information content (AvgIpc) is 2.75. The van der Waals surface area contributed by atoms with E-state index in [-0.39, 0.29) is 5.69 Å². The lowest BCUT2D eigenvalue weighted by Crippen LogP contribution is -2.16. The Bertz CT molecular complexity index is 1040. The second kappa shape index (κ2) is 10.5. The van der Waals surface area contributed by atoms with Gasteiger partial charge >= 0.3 is 0 Å². The zero-order chi connectivity index (χ0) is 22.2. The number of nitrogens with one attached hydrogen (secondary N) is 2. The SMILES string of the molecule is CNCCCCOc1ccncc1NC(=O)c1ccc(F)c(-c2c(F)cccc2F)n1. The third-order valence-corrected chi connectivity index (χ3v) is 4.39. The minimum atomic E-state index is -0.981. The first-order valence-corrected chi connectivity index (χ1v) is 9.65. The van der Waals surface area contributed by atoms with Gasteiger partial charge in [0.1, 0.15) is 40.3 Å². The van der Waals surface area contributed by atoms with Gasteiger partial charge in [-0.15, -0.1) is 0 Å². The molecule has 0 saturated heterocycles. The monoisotopic (exact) mass is 430 g/mol. The van der Waals surface area contributed by atoms with Crippen molar-refractivity contribution in [3.05, 3.63) is 71.9 Å². The summed E-state index contributed by atoms with van der Waals surface area (Å²) in [5.41, 5.74) is -1.15. The maximum Gasteiger partial charge on any atom is 0.274 e. The van der Waals surface area contributed by atoms with Gasteiger partial charge in [-0.3, -0.25) is 9.78 Å². The molecule has 1 aromatic carbocycles. The number of nitrogens with zero attached hydrogens (tertiary/aromatic N) is 2. The van der Waals surface area contributed by atoms with Crippen LogP contribution in [0.4, 0.5) is 18.9 Å². The quantitative estimate of drug-likeness (QED) is 0.498. The number of halogens is 3. The highest BCUT2D eigenvalue weighted by Gasteiger charge is 2.20. The number of ether oxygens (including phenoxy) is 1. The third kappa shape index (κ3) is 5.58. The number of aromatic nitrogens is 2. The van der Waals surface area contributed by atoms with Crippen molar-refractivity contribution in [3.8, 4) is 17.0 Å². The van der Waals surface area contributed by atoms with E-state index < -0.39 is 34.6 Å². The average molecular weight is 430 g/mol. The van der Waals surface area contributed by atoms with E-state index in [1.165, 1.54) is 12.4 Å². The van der Waals surface area contributed by atoms with E-state index in [9.17, 15) is 18.0 Å². The van der Waals surface area contributed by atoms with E-state index in [1.807, 2.05) is 7.05 Å². The standard InChI is InChI=1S/C22H21F3N4O2/c1-26-10-2-3-12-31-19-9-11-27-13-18(19)29-22(30)17-8-7-16(25)21(28-17)20-14(23)5-4-6-15(20)24/h4-9,11,13,26H,2-3,10,12H2,1H3,(H,29,30). The van der Waals surface area contributed by atoms with Crippen molar-refractivity contribution >= 4 is 11.6 Å². The lowest BCUT2D eigenvalue weighted by molar-refractivity contribution is 0.102. The minimum Gasteiger partial charge on any atom is -0.491 e. The van der Waals surface area contributed by atoms with Crippen molar-refractivity contribution in [2.75, 3.05) is 25.5 Å². The number of anilines is 1. The number of hydrogen-bond acceptors (Lipinski definition) is 5. The predicted molar refractivity (Wildman–Crippen MR) is 110 cm³/mol. The van der Waals surface area contributed by atoms with Gasteiger partial charge in [-0.05, 0) is 50.7 Å². The molecular weight excluding hydrogens is 409 g/mol. The molecule has 2 heterocycles. The van der Waals surface area contributed by atoms with Gasteiger partial charge in [-0.1, -0.05) is 6.07 Å². The molecule has 2 aromatic heterocycles. The highest BCUT2D eigenvalue weighted by molar-refractivity contribution is 6.03. The topological polar surface area (TPSA) is 76.1 Å². The molecule has 0 atom stereocenters. The summed E-state index contributed by atoms with van der Waals surface area (Å²) in [7, 11) is 1.87. The van der Waals surface area contributed by atoms with Crippen LogP contribution in [0.1, 0.15) is 23.3 Å². The van der Waals surface area contributed by atoms with Gasteiger partial charge < -0.3 is 15.4 Å². The summed E-state index contributed by atoms with van der Waals surface area (Å²) in [4.78, 5) is 20.5. The van der Waals surface area contributed by atoms with Gasteiger partial charge in [0, 0.05) is 12.3 Å². The molecule has 162 valence electrons. The second-order valence-electron chi connectivity index (χ2n) is 6.61. The molecule has 6 nitrogen and oxygen atoms in total. The lowest BCUT2D eigenvalue weighted by Gasteiger charge is -2.12. The molecule has 9 heteroatoms. The summed E-state index contributed by atoms with van der Waals surface area (Å²) in [5.74, 6) is -3.20. The Morgan fingerprint density at radius 3 is 2.55 bits per heavy atom. The zero-order valence-corrected chi connectivity index (χ0v) is 16.8. The fourth-order valence-corrected chi connectivity index (χ4v) is 2.84. The first-order valence-electron chi connectivity index (χ1n) is 9.65. The molecule has 0 unspecified atom stereocenters. The molecule has 3 rings (SSSR count). The summed E-state index contributed by atoms with van der Waals surface area (Å²) in [6, 6.07) is 6.80. The van der Waals surface area contributed by atoms with Crippen molar-refractivity contribution in [1.29, 1.82) is 0 Å². The molecule has 0 radical (unpaired) electrons. The number of rotatable bonds is 9. The van der Waals surface area contributed by atoms with Gasteiger partial charge in [-0.2, -0.15) is 0 Å². The van der Waals surface area contributed by atoms with Crippen LogP contribution in [0.15, 0.2) is 48.8 Å². The molecule has 3 aromatic rings. The molecule has 0 spiro atoms. The molecule has 0 aliphatic carbocycles. The first kappa shape index (κ1) is 22.2. The van der Waals surface area contributed by atoms with Crippen molar-refractivity contribution in [2.45, 2.75) is 12.8 Å². The Morgan fingerprint density at radius 1 is 1.03 bits per heavy atom. The van der Waals surface area contributed by atoms with Crippen LogP contribution in [0.2, 0.25) is 0 Å². The summed E-state index contributed by atoms with van der Waals surface area (Å²) < 4.78 is 48.1. The fraction of sp³-hybridized carbons (Fsp3) is 0.227. The van der Waals surface area contributed by atoms with Crippen LogP contribution in [-0.4, -0.2) is 36.1 Å². The first-order chi connectivity index (χ1) is 15.0. The van der Waals surface area contributed by atoms with Crippen LogP contribution in [0.5, 0.6) is 5.75 Å². The zero-order valence-electron chi connectivity index (χ0n) is 16.8. The Hall–Kier alpha value is -3.46. The molecule has 0 bridgehead atoms. The van der Waals surface area contributed by atoms with E-state index in [4.69, 9.17) is 4.74 Å². The Morgan fingerprint density at radius 2 is 1.81 bits per heavy atom. The number of benzene rings is 1. The molecule has 0 fully saturated rings. The molecule has 0 saturated carbocycles. The van der Waals surface area contributed by atoms with E-state index in [0.29, 0.717) is 18.0 Å². The van der Waals surface area contributed by atoms with Gasteiger partial charge in [0.2, 0.25) is 0 Å². The van der Waals surface area contributed by atoms with E-state index in [1.54, 1.807) is 6.07 Å². The van der Waals surface area contributed by atoms with Crippen LogP contribution >= 0.6 is 0 Å². The molecule has 31 heavy (non-hydrogen) atoms. The van der Waals surface area contributed by atoms with Gasteiger partial charge in [0.15, 0.2) is 0 Å². The summed E-state index contributed by atoms with van der Waals surface area (Å²) in [6.45, 7) is 1.31. The number of pyridine rings is 2. The number of carbonyl (C=O) groups is 1. The van der Waals surface area contributed by atoms with Crippen molar-refractivity contribution in [2.24, 2.45) is 0 Å². The molecule has 0 aliphatic heterocycles. The van der Waals surface area contributed by atoms with Crippen LogP contribution in [0, 0.1) is 17.5 Å². The predicted octanol–water partition coefficient (Wildman–Crippen LogP) is 4.19. The van der Waals surface area contributed by atoms with Crippen LogP contribution < -0.4 is 15.4 Å². The van der Waals surface area contributed by atoms with Crippen LogP contribution in [-0.2, 0) is 0 Å². The largest absolute Gasteiger partial charge is 0.491 e. The normalized spacial score (nSPS) is 10.7. The smallest absolute Gasteiger partial charge is 0.274 e. The summed E-state index contributed by atoms with van der Waals surface area (Å²) in [5, 5.41) is 5.64. The molecular formula is C22H21F3N4O2. The summed E-state index contributed by atoms with van der Waals surface area (Å²) >= 11 is 0. The van der Waals surface area contributed by atoms with Gasteiger partial charge in [0.25, 0.3) is 5.91 Å². The minimum absolute atomic E-state index is 0.220. The van der Waals surface area contributed by atoms with Crippen molar-refractivity contribution < 1.29 is 22.7 Å². The number of carbonyl (C=O) groups excluding carboxylic acids is 1. The Kier molecular flexibility index (Phi) is 7.55. The van der Waals surface area contributed by atoms with E-state index in [2.05, 4.69) is 20.6 Å². The second-order valence-corrected chi connectivity index (χ2v) is 6.61. The highest BCUT2D eigenvalue weighted by Crippen LogP contribution is 2.28. The van der Waals surface area contributed by atoms with Crippen molar-refractivity contribution in [3.63, 3.8) is 0 Å². The fourth-order valence-electron chi connectivity index (χ4n) is 2.84. The highest BCUT2D eigenvalue weighted by atomic mass is 19.1. The lowest BCUT2D eigenvalue weighted by atomic mass is 10.1. The number of hydrogen-bond donors (Lipinski definition) is 2. The maximum atomic E-state index is 14.2. The van der Waals surface area contributed by atoms with Gasteiger partial charge in [0.05, 0.1) is 18.4 Å². The van der Waals surface area contributed by atoms with Crippen LogP contribution in [0.3, 0.4) is 0 Å². The number of amides is 1. The third-order valence-electron chi connectivity index (χ3n) is 4.39. The molecule has 2 N–H and O–H groups in total. The van der Waals surface area contributed by atoms with Crippen LogP contribution in [0.25, 0.3) is 11.3 Å². The van der Waals surface area contributed by atoms with Gasteiger partial charge in [-0.25, -0.2) is 18.2 Å². The van der Waals surface area contributed by atoms with Crippen molar-refractivity contribution in [1.82, 2.24) is 15.3 Å². The Balaban J connectivity index is 1.79. The maximum absolute atomic E-state index is 14.2. The Labute approximate surface area is 177 Å². The van der Waals surface area contributed by atoms with E-state index in [0.717, 1.165) is 49.7 Å². The van der Waals surface area contributed by atoms with E-state index >= 15 is 0 Å².